The molecule has 0 bridgehead atoms. The van der Waals surface area contributed by atoms with Crippen LogP contribution in [0.15, 0.2) is 54.4 Å². The van der Waals surface area contributed by atoms with E-state index in [9.17, 15) is 22.0 Å². The van der Waals surface area contributed by atoms with Crippen LogP contribution in [0.5, 0.6) is 0 Å². The molecule has 0 atom stereocenters. The van der Waals surface area contributed by atoms with Crippen molar-refractivity contribution in [3.05, 3.63) is 82.7 Å². The minimum absolute atomic E-state index is 0.162. The van der Waals surface area contributed by atoms with Crippen molar-refractivity contribution in [1.29, 1.82) is 0 Å². The molecule has 1 aliphatic rings. The molecule has 134 valence electrons. The molecule has 26 heavy (non-hydrogen) atoms. The summed E-state index contributed by atoms with van der Waals surface area (Å²) in [5.74, 6) is -2.43. The minimum Gasteiger partial charge on any atom is -0.207 e. The Kier molecular flexibility index (Phi) is 5.07. The van der Waals surface area contributed by atoms with Gasteiger partial charge >= 0.3 is 0 Å². The fourth-order valence-electron chi connectivity index (χ4n) is 3.04. The number of halogens is 5. The van der Waals surface area contributed by atoms with Crippen LogP contribution in [-0.2, 0) is 0 Å². The summed E-state index contributed by atoms with van der Waals surface area (Å²) in [5.41, 5.74) is 1.88. The van der Waals surface area contributed by atoms with E-state index in [1.54, 1.807) is 25.1 Å². The van der Waals surface area contributed by atoms with E-state index in [1.165, 1.54) is 6.08 Å². The van der Waals surface area contributed by atoms with Gasteiger partial charge in [0.2, 0.25) is 0 Å². The van der Waals surface area contributed by atoms with E-state index in [0.29, 0.717) is 28.7 Å². The summed E-state index contributed by atoms with van der Waals surface area (Å²) < 4.78 is 66.6. The third kappa shape index (κ3) is 3.62. The van der Waals surface area contributed by atoms with Gasteiger partial charge in [0, 0.05) is 11.6 Å². The molecule has 3 rings (SSSR count). The number of hydrogen-bond acceptors (Lipinski definition) is 0. The van der Waals surface area contributed by atoms with Crippen molar-refractivity contribution >= 4 is 11.6 Å². The molecule has 0 N–H and O–H groups in total. The SMILES string of the molecule is Cc1cc(C2=CCCC=C2F)ccc1-c1cc(F)c(C=C(F)F)c(F)c1. The zero-order chi connectivity index (χ0) is 18.8. The summed E-state index contributed by atoms with van der Waals surface area (Å²) in [6.07, 6.45) is 2.74. The Labute approximate surface area is 148 Å². The van der Waals surface area contributed by atoms with Crippen LogP contribution in [0.2, 0.25) is 0 Å². The average Bonchev–Trinajstić information content (AvgIpc) is 2.58. The summed E-state index contributed by atoms with van der Waals surface area (Å²) in [4.78, 5) is 0. The maximum atomic E-state index is 14.0. The first-order chi connectivity index (χ1) is 12.4. The van der Waals surface area contributed by atoms with Crippen molar-refractivity contribution in [2.75, 3.05) is 0 Å². The van der Waals surface area contributed by atoms with Crippen molar-refractivity contribution in [3.8, 4) is 11.1 Å². The normalized spacial score (nSPS) is 13.9. The number of hydrogen-bond donors (Lipinski definition) is 0. The highest BCUT2D eigenvalue weighted by Gasteiger charge is 2.15. The van der Waals surface area contributed by atoms with Gasteiger partial charge in [-0.25, -0.2) is 13.2 Å². The molecule has 0 aliphatic heterocycles. The van der Waals surface area contributed by atoms with Crippen LogP contribution in [0.25, 0.3) is 22.8 Å². The van der Waals surface area contributed by atoms with E-state index < -0.39 is 23.3 Å². The number of benzene rings is 2. The van der Waals surface area contributed by atoms with Crippen LogP contribution in [0.1, 0.15) is 29.5 Å². The zero-order valence-electron chi connectivity index (χ0n) is 13.9. The summed E-state index contributed by atoms with van der Waals surface area (Å²) in [6.45, 7) is 1.74. The van der Waals surface area contributed by atoms with Gasteiger partial charge in [0.05, 0.1) is 5.56 Å². The van der Waals surface area contributed by atoms with Gasteiger partial charge < -0.3 is 0 Å². The summed E-state index contributed by atoms with van der Waals surface area (Å²) in [7, 11) is 0. The first kappa shape index (κ1) is 18.1. The quantitative estimate of drug-likeness (QED) is 0.506. The molecule has 0 radical (unpaired) electrons. The van der Waals surface area contributed by atoms with Crippen molar-refractivity contribution in [1.82, 2.24) is 0 Å². The molecule has 0 saturated heterocycles. The van der Waals surface area contributed by atoms with Gasteiger partial charge in [-0.3, -0.25) is 0 Å². The predicted octanol–water partition coefficient (Wildman–Crippen LogP) is 7.21. The molecule has 5 heteroatoms. The first-order valence-corrected chi connectivity index (χ1v) is 8.06. The number of allylic oxidation sites excluding steroid dienone is 4. The highest BCUT2D eigenvalue weighted by molar-refractivity contribution is 5.80. The molecule has 0 heterocycles. The minimum atomic E-state index is -2.17. The molecule has 0 spiro atoms. The Hall–Kier alpha value is -2.69. The Morgan fingerprint density at radius 2 is 1.54 bits per heavy atom. The Morgan fingerprint density at radius 1 is 0.885 bits per heavy atom. The molecular weight excluding hydrogens is 347 g/mol. The molecule has 0 saturated carbocycles. The molecule has 0 amide bonds. The summed E-state index contributed by atoms with van der Waals surface area (Å²) in [5, 5.41) is 0. The first-order valence-electron chi connectivity index (χ1n) is 8.06. The highest BCUT2D eigenvalue weighted by atomic mass is 19.3. The maximum absolute atomic E-state index is 14.0. The fraction of sp³-hybridized carbons (Fsp3) is 0.143. The second kappa shape index (κ2) is 7.28. The zero-order valence-corrected chi connectivity index (χ0v) is 13.9. The van der Waals surface area contributed by atoms with Crippen LogP contribution in [0.3, 0.4) is 0 Å². The second-order valence-corrected chi connectivity index (χ2v) is 6.06. The average molecular weight is 362 g/mol. The smallest absolute Gasteiger partial charge is 0.207 e. The second-order valence-electron chi connectivity index (χ2n) is 6.06. The van der Waals surface area contributed by atoms with Gasteiger partial charge in [-0.05, 0) is 60.2 Å². The lowest BCUT2D eigenvalue weighted by Gasteiger charge is -2.14. The van der Waals surface area contributed by atoms with Gasteiger partial charge in [-0.15, -0.1) is 0 Å². The van der Waals surface area contributed by atoms with Gasteiger partial charge in [0.1, 0.15) is 17.5 Å². The van der Waals surface area contributed by atoms with E-state index in [-0.39, 0.29) is 17.5 Å². The largest absolute Gasteiger partial charge is 0.271 e. The maximum Gasteiger partial charge on any atom is 0.271 e. The lowest BCUT2D eigenvalue weighted by molar-refractivity contribution is 0.428. The molecule has 0 unspecified atom stereocenters. The van der Waals surface area contributed by atoms with Crippen LogP contribution < -0.4 is 0 Å². The lowest BCUT2D eigenvalue weighted by Crippen LogP contribution is -1.95. The Bertz CT molecular complexity index is 924. The molecular formula is C21H15F5. The Morgan fingerprint density at radius 3 is 2.12 bits per heavy atom. The van der Waals surface area contributed by atoms with Crippen LogP contribution in [0.4, 0.5) is 22.0 Å². The summed E-state index contributed by atoms with van der Waals surface area (Å²) in [6, 6.07) is 7.09. The van der Waals surface area contributed by atoms with E-state index in [2.05, 4.69) is 0 Å². The number of aryl methyl sites for hydroxylation is 1. The van der Waals surface area contributed by atoms with Crippen LogP contribution in [-0.4, -0.2) is 0 Å². The van der Waals surface area contributed by atoms with Crippen molar-refractivity contribution in [2.45, 2.75) is 19.8 Å². The van der Waals surface area contributed by atoms with Crippen molar-refractivity contribution in [2.24, 2.45) is 0 Å². The van der Waals surface area contributed by atoms with Crippen molar-refractivity contribution in [3.63, 3.8) is 0 Å². The topological polar surface area (TPSA) is 0 Å². The van der Waals surface area contributed by atoms with E-state index in [1.807, 2.05) is 6.08 Å². The third-order valence-corrected chi connectivity index (χ3v) is 4.28. The third-order valence-electron chi connectivity index (χ3n) is 4.28. The van der Waals surface area contributed by atoms with Gasteiger partial charge in [0.15, 0.2) is 0 Å². The lowest BCUT2D eigenvalue weighted by atomic mass is 9.92. The van der Waals surface area contributed by atoms with Gasteiger partial charge in [-0.2, -0.15) is 8.78 Å². The standard InChI is InChI=1S/C21H15F5/c1-12-8-13(16-4-2-3-5-18(16)22)6-7-15(12)14-9-19(23)17(11-21(25)26)20(24)10-14/h4-11H,2-3H2,1H3. The predicted molar refractivity (Wildman–Crippen MR) is 93.1 cm³/mol. The molecule has 0 aromatic heterocycles. The molecule has 0 nitrogen and oxygen atoms in total. The fourth-order valence-corrected chi connectivity index (χ4v) is 3.04. The molecule has 2 aromatic carbocycles. The Balaban J connectivity index is 2.02. The number of rotatable bonds is 3. The van der Waals surface area contributed by atoms with E-state index in [0.717, 1.165) is 18.6 Å². The van der Waals surface area contributed by atoms with Crippen LogP contribution >= 0.6 is 0 Å². The van der Waals surface area contributed by atoms with Gasteiger partial charge in [0.25, 0.3) is 6.08 Å². The van der Waals surface area contributed by atoms with Crippen LogP contribution in [0, 0.1) is 18.6 Å². The van der Waals surface area contributed by atoms with E-state index >= 15 is 0 Å². The highest BCUT2D eigenvalue weighted by Crippen LogP contribution is 2.33. The van der Waals surface area contributed by atoms with Crippen molar-refractivity contribution < 1.29 is 22.0 Å². The molecule has 1 aliphatic carbocycles. The monoisotopic (exact) mass is 362 g/mol. The molecule has 2 aromatic rings. The van der Waals surface area contributed by atoms with E-state index in [4.69, 9.17) is 0 Å². The summed E-state index contributed by atoms with van der Waals surface area (Å²) >= 11 is 0. The molecule has 0 fully saturated rings. The van der Waals surface area contributed by atoms with Gasteiger partial charge in [-0.1, -0.05) is 24.3 Å².